The van der Waals surface area contributed by atoms with Crippen LogP contribution in [0.5, 0.6) is 0 Å². The van der Waals surface area contributed by atoms with Crippen LogP contribution in [0.15, 0.2) is 11.1 Å². The maximum absolute atomic E-state index is 5.98. The molecule has 0 unspecified atom stereocenters. The van der Waals surface area contributed by atoms with Crippen molar-refractivity contribution >= 4 is 40.8 Å². The Hall–Kier alpha value is -0.160. The molecule has 0 aliphatic heterocycles. The van der Waals surface area contributed by atoms with Gasteiger partial charge in [0.2, 0.25) is 0 Å². The predicted molar refractivity (Wildman–Crippen MR) is 67.9 cm³/mol. The number of aromatic nitrogens is 1. The van der Waals surface area contributed by atoms with Crippen LogP contribution >= 0.6 is 35.0 Å². The fourth-order valence-corrected chi connectivity index (χ4v) is 2.42. The summed E-state index contributed by atoms with van der Waals surface area (Å²) in [6.07, 6.45) is 0. The van der Waals surface area contributed by atoms with Gasteiger partial charge in [0.05, 0.1) is 10.0 Å². The van der Waals surface area contributed by atoms with Gasteiger partial charge < -0.3 is 10.6 Å². The van der Waals surface area contributed by atoms with E-state index in [1.54, 1.807) is 17.8 Å². The molecule has 6 heteroatoms. The molecule has 0 aromatic carbocycles. The first kappa shape index (κ1) is 12.9. The quantitative estimate of drug-likeness (QED) is 0.851. The second kappa shape index (κ2) is 5.80. The normalized spacial score (nSPS) is 11.0. The first-order valence-corrected chi connectivity index (χ1v) is 6.14. The van der Waals surface area contributed by atoms with Crippen LogP contribution in [-0.4, -0.2) is 36.3 Å². The van der Waals surface area contributed by atoms with E-state index in [4.69, 9.17) is 28.9 Å². The smallest absolute Gasteiger partial charge is 0.143 e. The Kier molecular flexibility index (Phi) is 4.99. The van der Waals surface area contributed by atoms with Crippen LogP contribution < -0.4 is 5.73 Å². The van der Waals surface area contributed by atoms with Gasteiger partial charge in [0.15, 0.2) is 0 Å². The summed E-state index contributed by atoms with van der Waals surface area (Å²) < 4.78 is 0. The summed E-state index contributed by atoms with van der Waals surface area (Å²) in [5.74, 6) is 1.24. The van der Waals surface area contributed by atoms with Gasteiger partial charge in [-0.05, 0) is 20.2 Å². The summed E-state index contributed by atoms with van der Waals surface area (Å²) in [5.41, 5.74) is 5.60. The van der Waals surface area contributed by atoms with Crippen molar-refractivity contribution in [3.8, 4) is 0 Å². The van der Waals surface area contributed by atoms with E-state index in [0.29, 0.717) is 15.9 Å². The fraction of sp³-hybridized carbons (Fsp3) is 0.444. The number of halogens is 2. The third-order valence-electron chi connectivity index (χ3n) is 1.70. The lowest BCUT2D eigenvalue weighted by Crippen LogP contribution is -2.14. The molecule has 1 heterocycles. The number of rotatable bonds is 4. The topological polar surface area (TPSA) is 42.2 Å². The van der Waals surface area contributed by atoms with Crippen molar-refractivity contribution in [1.82, 2.24) is 9.88 Å². The van der Waals surface area contributed by atoms with Crippen LogP contribution in [0.4, 0.5) is 5.82 Å². The molecular formula is C9H13Cl2N3S. The highest BCUT2D eigenvalue weighted by molar-refractivity contribution is 7.99. The molecule has 2 N–H and O–H groups in total. The number of nitrogen functional groups attached to an aromatic ring is 1. The lowest BCUT2D eigenvalue weighted by molar-refractivity contribution is 0.437. The van der Waals surface area contributed by atoms with Crippen LogP contribution in [0, 0.1) is 0 Å². The highest BCUT2D eigenvalue weighted by atomic mass is 35.5. The first-order chi connectivity index (χ1) is 7.00. The van der Waals surface area contributed by atoms with Crippen LogP contribution in [0.2, 0.25) is 10.0 Å². The van der Waals surface area contributed by atoms with E-state index in [0.717, 1.165) is 17.3 Å². The molecule has 0 saturated carbocycles. The van der Waals surface area contributed by atoms with Gasteiger partial charge in [-0.15, -0.1) is 11.8 Å². The Labute approximate surface area is 104 Å². The molecule has 1 aromatic rings. The highest BCUT2D eigenvalue weighted by Crippen LogP contribution is 2.30. The van der Waals surface area contributed by atoms with Gasteiger partial charge in [-0.25, -0.2) is 4.98 Å². The number of nitrogens with two attached hydrogens (primary N) is 1. The molecule has 0 bridgehead atoms. The molecule has 15 heavy (non-hydrogen) atoms. The molecule has 0 fully saturated rings. The zero-order valence-corrected chi connectivity index (χ0v) is 11.0. The molecule has 0 aliphatic rings. The van der Waals surface area contributed by atoms with Crippen molar-refractivity contribution in [2.45, 2.75) is 5.03 Å². The number of hydrogen-bond acceptors (Lipinski definition) is 4. The Morgan fingerprint density at radius 2 is 2.07 bits per heavy atom. The summed E-state index contributed by atoms with van der Waals surface area (Å²) in [5, 5.41) is 1.69. The minimum absolute atomic E-state index is 0.327. The van der Waals surface area contributed by atoms with Gasteiger partial charge in [-0.3, -0.25) is 0 Å². The largest absolute Gasteiger partial charge is 0.382 e. The number of hydrogen-bond donors (Lipinski definition) is 1. The SMILES string of the molecule is CN(C)CCSc1nc(N)c(Cl)cc1Cl. The second-order valence-corrected chi connectivity index (χ2v) is 5.19. The Balaban J connectivity index is 2.65. The molecule has 0 atom stereocenters. The Bertz CT molecular complexity index is 344. The van der Waals surface area contributed by atoms with Crippen LogP contribution in [0.1, 0.15) is 0 Å². The molecular weight excluding hydrogens is 253 g/mol. The number of nitrogens with zero attached hydrogens (tertiary/aromatic N) is 2. The third kappa shape index (κ3) is 4.07. The van der Waals surface area contributed by atoms with Crippen LogP contribution in [0.3, 0.4) is 0 Å². The maximum Gasteiger partial charge on any atom is 0.143 e. The minimum Gasteiger partial charge on any atom is -0.382 e. The average molecular weight is 266 g/mol. The summed E-state index contributed by atoms with van der Waals surface area (Å²) in [6, 6.07) is 1.63. The number of thioether (sulfide) groups is 1. The van der Waals surface area contributed by atoms with E-state index < -0.39 is 0 Å². The van der Waals surface area contributed by atoms with E-state index in [9.17, 15) is 0 Å². The van der Waals surface area contributed by atoms with Crippen molar-refractivity contribution in [3.63, 3.8) is 0 Å². The summed E-state index contributed by atoms with van der Waals surface area (Å²) in [4.78, 5) is 6.22. The fourth-order valence-electron chi connectivity index (χ4n) is 0.889. The number of anilines is 1. The van der Waals surface area contributed by atoms with Gasteiger partial charge in [0, 0.05) is 12.3 Å². The van der Waals surface area contributed by atoms with Gasteiger partial charge >= 0.3 is 0 Å². The lowest BCUT2D eigenvalue weighted by Gasteiger charge is -2.09. The van der Waals surface area contributed by atoms with Crippen molar-refractivity contribution < 1.29 is 0 Å². The average Bonchev–Trinajstić information content (AvgIpc) is 2.13. The van der Waals surface area contributed by atoms with Gasteiger partial charge in [-0.1, -0.05) is 23.2 Å². The molecule has 0 spiro atoms. The Morgan fingerprint density at radius 1 is 1.40 bits per heavy atom. The van der Waals surface area contributed by atoms with Gasteiger partial charge in [-0.2, -0.15) is 0 Å². The van der Waals surface area contributed by atoms with E-state index in [-0.39, 0.29) is 0 Å². The first-order valence-electron chi connectivity index (χ1n) is 4.39. The minimum atomic E-state index is 0.327. The molecule has 1 aromatic heterocycles. The van der Waals surface area contributed by atoms with E-state index in [1.165, 1.54) is 0 Å². The van der Waals surface area contributed by atoms with Crippen molar-refractivity contribution in [3.05, 3.63) is 16.1 Å². The molecule has 0 saturated heterocycles. The van der Waals surface area contributed by atoms with Gasteiger partial charge in [0.1, 0.15) is 10.8 Å². The van der Waals surface area contributed by atoms with E-state index >= 15 is 0 Å². The Morgan fingerprint density at radius 3 is 2.67 bits per heavy atom. The highest BCUT2D eigenvalue weighted by Gasteiger charge is 2.07. The standard InChI is InChI=1S/C9H13Cl2N3S/c1-14(2)3-4-15-9-7(11)5-6(10)8(12)13-9/h5H,3-4H2,1-2H3,(H2,12,13). The summed E-state index contributed by atoms with van der Waals surface area (Å²) in [7, 11) is 4.04. The summed E-state index contributed by atoms with van der Waals surface area (Å²) in [6.45, 7) is 0.963. The third-order valence-corrected chi connectivity index (χ3v) is 3.38. The summed E-state index contributed by atoms with van der Waals surface area (Å²) >= 11 is 13.3. The van der Waals surface area contributed by atoms with Crippen LogP contribution in [0.25, 0.3) is 0 Å². The second-order valence-electron chi connectivity index (χ2n) is 3.29. The van der Waals surface area contributed by atoms with Gasteiger partial charge in [0.25, 0.3) is 0 Å². The van der Waals surface area contributed by atoms with E-state index in [1.807, 2.05) is 14.1 Å². The molecule has 1 rings (SSSR count). The zero-order chi connectivity index (χ0) is 11.4. The molecule has 0 amide bonds. The van der Waals surface area contributed by atoms with Crippen molar-refractivity contribution in [2.75, 3.05) is 32.1 Å². The zero-order valence-electron chi connectivity index (χ0n) is 8.63. The molecule has 0 aliphatic carbocycles. The lowest BCUT2D eigenvalue weighted by atomic mass is 10.5. The van der Waals surface area contributed by atoms with Crippen LogP contribution in [-0.2, 0) is 0 Å². The number of pyridine rings is 1. The van der Waals surface area contributed by atoms with E-state index in [2.05, 4.69) is 9.88 Å². The monoisotopic (exact) mass is 265 g/mol. The molecule has 84 valence electrons. The predicted octanol–water partition coefficient (Wildman–Crippen LogP) is 2.62. The van der Waals surface area contributed by atoms with Crippen molar-refractivity contribution in [1.29, 1.82) is 0 Å². The molecule has 0 radical (unpaired) electrons. The maximum atomic E-state index is 5.98. The van der Waals surface area contributed by atoms with Crippen molar-refractivity contribution in [2.24, 2.45) is 0 Å². The molecule has 3 nitrogen and oxygen atoms in total.